The summed E-state index contributed by atoms with van der Waals surface area (Å²) < 4.78 is 16.6. The number of anilines is 1. The molecular formula is C20H23NO4. The predicted molar refractivity (Wildman–Crippen MR) is 96.7 cm³/mol. The van der Waals surface area contributed by atoms with Gasteiger partial charge < -0.3 is 19.5 Å². The number of hydrogen-bond acceptors (Lipinski definition) is 4. The molecule has 0 fully saturated rings. The van der Waals surface area contributed by atoms with E-state index in [0.29, 0.717) is 36.1 Å². The standard InChI is InChI=1S/C20H23NO4/c1-20(2,3)14-5-4-6-16(11-14)25-13-19(22)21-15-7-8-17-18(12-15)24-10-9-23-17/h4-8,11-12H,9-10,13H2,1-3H3,(H,21,22). The fourth-order valence-electron chi connectivity index (χ4n) is 2.52. The van der Waals surface area contributed by atoms with Crippen LogP contribution in [0.25, 0.3) is 0 Å². The molecule has 2 aromatic rings. The van der Waals surface area contributed by atoms with E-state index in [9.17, 15) is 4.79 Å². The van der Waals surface area contributed by atoms with E-state index >= 15 is 0 Å². The number of benzene rings is 2. The van der Waals surface area contributed by atoms with Gasteiger partial charge in [-0.2, -0.15) is 0 Å². The van der Waals surface area contributed by atoms with Crippen molar-refractivity contribution in [2.45, 2.75) is 26.2 Å². The lowest BCUT2D eigenvalue weighted by atomic mass is 9.87. The van der Waals surface area contributed by atoms with Crippen LogP contribution in [0, 0.1) is 0 Å². The van der Waals surface area contributed by atoms with E-state index in [1.54, 1.807) is 18.2 Å². The number of carbonyl (C=O) groups excluding carboxylic acids is 1. The molecule has 3 rings (SSSR count). The quantitative estimate of drug-likeness (QED) is 0.920. The van der Waals surface area contributed by atoms with Crippen molar-refractivity contribution >= 4 is 11.6 Å². The summed E-state index contributed by atoms with van der Waals surface area (Å²) in [6.07, 6.45) is 0. The van der Waals surface area contributed by atoms with Gasteiger partial charge in [-0.3, -0.25) is 4.79 Å². The Morgan fingerprint density at radius 3 is 2.60 bits per heavy atom. The van der Waals surface area contributed by atoms with Crippen LogP contribution >= 0.6 is 0 Å². The topological polar surface area (TPSA) is 56.8 Å². The Morgan fingerprint density at radius 1 is 1.08 bits per heavy atom. The van der Waals surface area contributed by atoms with Crippen LogP contribution in [0.2, 0.25) is 0 Å². The Kier molecular flexibility index (Phi) is 4.83. The van der Waals surface area contributed by atoms with E-state index in [2.05, 4.69) is 32.2 Å². The first kappa shape index (κ1) is 17.1. The van der Waals surface area contributed by atoms with Crippen LogP contribution in [-0.2, 0) is 10.2 Å². The third-order valence-corrected chi connectivity index (χ3v) is 3.90. The number of carbonyl (C=O) groups is 1. The Balaban J connectivity index is 1.58. The largest absolute Gasteiger partial charge is 0.486 e. The van der Waals surface area contributed by atoms with Gasteiger partial charge in [-0.25, -0.2) is 0 Å². The minimum atomic E-state index is -0.224. The molecule has 1 aliphatic heterocycles. The normalized spacial score (nSPS) is 13.2. The molecule has 132 valence electrons. The minimum absolute atomic E-state index is 0.0346. The maximum atomic E-state index is 12.1. The van der Waals surface area contributed by atoms with Gasteiger partial charge in [-0.15, -0.1) is 0 Å². The van der Waals surface area contributed by atoms with Crippen LogP contribution in [0.4, 0.5) is 5.69 Å². The highest BCUT2D eigenvalue weighted by Gasteiger charge is 2.15. The number of hydrogen-bond donors (Lipinski definition) is 1. The van der Waals surface area contributed by atoms with E-state index in [1.807, 2.05) is 18.2 Å². The van der Waals surface area contributed by atoms with Crippen molar-refractivity contribution in [3.63, 3.8) is 0 Å². The van der Waals surface area contributed by atoms with Crippen LogP contribution in [0.3, 0.4) is 0 Å². The van der Waals surface area contributed by atoms with Crippen molar-refractivity contribution in [3.05, 3.63) is 48.0 Å². The lowest BCUT2D eigenvalue weighted by Crippen LogP contribution is -2.21. The van der Waals surface area contributed by atoms with Crippen molar-refractivity contribution in [1.29, 1.82) is 0 Å². The molecule has 1 heterocycles. The number of fused-ring (bicyclic) bond motifs is 1. The molecule has 2 aromatic carbocycles. The fraction of sp³-hybridized carbons (Fsp3) is 0.350. The van der Waals surface area contributed by atoms with Crippen molar-refractivity contribution in [2.75, 3.05) is 25.1 Å². The predicted octanol–water partition coefficient (Wildman–Crippen LogP) is 3.77. The van der Waals surface area contributed by atoms with Gasteiger partial charge in [0.1, 0.15) is 19.0 Å². The van der Waals surface area contributed by atoms with Crippen LogP contribution < -0.4 is 19.5 Å². The van der Waals surface area contributed by atoms with E-state index < -0.39 is 0 Å². The van der Waals surface area contributed by atoms with E-state index in [1.165, 1.54) is 0 Å². The maximum absolute atomic E-state index is 12.1. The Hall–Kier alpha value is -2.69. The number of ether oxygens (including phenoxy) is 3. The minimum Gasteiger partial charge on any atom is -0.486 e. The molecule has 5 nitrogen and oxygen atoms in total. The number of nitrogens with one attached hydrogen (secondary N) is 1. The van der Waals surface area contributed by atoms with Crippen LogP contribution in [0.15, 0.2) is 42.5 Å². The monoisotopic (exact) mass is 341 g/mol. The van der Waals surface area contributed by atoms with Crippen molar-refractivity contribution < 1.29 is 19.0 Å². The molecule has 1 amide bonds. The third kappa shape index (κ3) is 4.44. The molecule has 0 radical (unpaired) electrons. The second-order valence-corrected chi connectivity index (χ2v) is 6.97. The fourth-order valence-corrected chi connectivity index (χ4v) is 2.52. The summed E-state index contributed by atoms with van der Waals surface area (Å²) in [6, 6.07) is 13.1. The highest BCUT2D eigenvalue weighted by atomic mass is 16.6. The van der Waals surface area contributed by atoms with Gasteiger partial charge in [0.05, 0.1) is 0 Å². The highest BCUT2D eigenvalue weighted by molar-refractivity contribution is 5.92. The summed E-state index contributed by atoms with van der Waals surface area (Å²) in [7, 11) is 0. The molecule has 25 heavy (non-hydrogen) atoms. The van der Waals surface area contributed by atoms with Gasteiger partial charge in [0, 0.05) is 11.8 Å². The number of rotatable bonds is 4. The first-order chi connectivity index (χ1) is 11.9. The molecular weight excluding hydrogens is 318 g/mol. The van der Waals surface area contributed by atoms with E-state index in [4.69, 9.17) is 14.2 Å². The summed E-state index contributed by atoms with van der Waals surface area (Å²) in [5, 5.41) is 2.81. The summed E-state index contributed by atoms with van der Waals surface area (Å²) in [6.45, 7) is 7.42. The second-order valence-electron chi connectivity index (χ2n) is 6.97. The van der Waals surface area contributed by atoms with Gasteiger partial charge in [-0.05, 0) is 35.2 Å². The molecule has 0 spiro atoms. The first-order valence-electron chi connectivity index (χ1n) is 8.35. The molecule has 0 aromatic heterocycles. The summed E-state index contributed by atoms with van der Waals surface area (Å²) in [5.74, 6) is 1.80. The van der Waals surface area contributed by atoms with Gasteiger partial charge in [0.15, 0.2) is 18.1 Å². The Morgan fingerprint density at radius 2 is 1.84 bits per heavy atom. The van der Waals surface area contributed by atoms with Crippen molar-refractivity contribution in [2.24, 2.45) is 0 Å². The zero-order valence-electron chi connectivity index (χ0n) is 14.8. The smallest absolute Gasteiger partial charge is 0.262 e. The van der Waals surface area contributed by atoms with Crippen LogP contribution in [0.5, 0.6) is 17.2 Å². The zero-order chi connectivity index (χ0) is 17.9. The zero-order valence-corrected chi connectivity index (χ0v) is 14.8. The van der Waals surface area contributed by atoms with Gasteiger partial charge in [0.2, 0.25) is 0 Å². The molecule has 0 aliphatic carbocycles. The highest BCUT2D eigenvalue weighted by Crippen LogP contribution is 2.32. The molecule has 0 bridgehead atoms. The summed E-state index contributed by atoms with van der Waals surface area (Å²) in [4.78, 5) is 12.1. The van der Waals surface area contributed by atoms with Crippen LogP contribution in [-0.4, -0.2) is 25.7 Å². The average molecular weight is 341 g/mol. The van der Waals surface area contributed by atoms with Crippen LogP contribution in [0.1, 0.15) is 26.3 Å². The molecule has 5 heteroatoms. The van der Waals surface area contributed by atoms with Crippen molar-refractivity contribution in [1.82, 2.24) is 0 Å². The lowest BCUT2D eigenvalue weighted by Gasteiger charge is -2.20. The molecule has 0 saturated carbocycles. The lowest BCUT2D eigenvalue weighted by molar-refractivity contribution is -0.118. The van der Waals surface area contributed by atoms with E-state index in [0.717, 1.165) is 5.56 Å². The summed E-state index contributed by atoms with van der Waals surface area (Å²) in [5.41, 5.74) is 1.85. The van der Waals surface area contributed by atoms with Gasteiger partial charge in [0.25, 0.3) is 5.91 Å². The molecule has 0 unspecified atom stereocenters. The molecule has 1 aliphatic rings. The Labute approximate surface area is 147 Å². The van der Waals surface area contributed by atoms with Gasteiger partial charge >= 0.3 is 0 Å². The maximum Gasteiger partial charge on any atom is 0.262 e. The first-order valence-corrected chi connectivity index (χ1v) is 8.35. The molecule has 0 saturated heterocycles. The molecule has 1 N–H and O–H groups in total. The Bertz CT molecular complexity index is 765. The summed E-state index contributed by atoms with van der Waals surface area (Å²) >= 11 is 0. The van der Waals surface area contributed by atoms with Gasteiger partial charge in [-0.1, -0.05) is 32.9 Å². The SMILES string of the molecule is CC(C)(C)c1cccc(OCC(=O)Nc2ccc3c(c2)OCCO3)c1. The van der Waals surface area contributed by atoms with Crippen molar-refractivity contribution in [3.8, 4) is 17.2 Å². The third-order valence-electron chi connectivity index (χ3n) is 3.90. The average Bonchev–Trinajstić information content (AvgIpc) is 2.59. The second kappa shape index (κ2) is 7.05. The molecule has 0 atom stereocenters. The number of amides is 1. The van der Waals surface area contributed by atoms with E-state index in [-0.39, 0.29) is 17.9 Å².